The molecule has 0 fully saturated rings. The Balaban J connectivity index is 0.00000180. The fourth-order valence-corrected chi connectivity index (χ4v) is 2.75. The van der Waals surface area contributed by atoms with Crippen molar-refractivity contribution in [2.45, 2.75) is 26.8 Å². The third-order valence-electron chi connectivity index (χ3n) is 2.85. The second kappa shape index (κ2) is 6.79. The summed E-state index contributed by atoms with van der Waals surface area (Å²) in [6.45, 7) is 4.71. The Morgan fingerprint density at radius 1 is 1.47 bits per heavy atom. The molecule has 0 aliphatic carbocycles. The van der Waals surface area contributed by atoms with Gasteiger partial charge in [-0.25, -0.2) is 9.97 Å². The molecular formula is C12H19ClN4OS+2. The van der Waals surface area contributed by atoms with Crippen LogP contribution in [0, 0.1) is 13.8 Å². The number of rotatable bonds is 4. The zero-order chi connectivity index (χ0) is 13.1. The third kappa shape index (κ3) is 3.62. The van der Waals surface area contributed by atoms with Crippen molar-refractivity contribution in [3.8, 4) is 0 Å². The van der Waals surface area contributed by atoms with Crippen LogP contribution < -0.4 is 10.3 Å². The number of halogens is 1. The molecule has 0 aliphatic rings. The molecule has 7 heteroatoms. The van der Waals surface area contributed by atoms with Gasteiger partial charge in [0.25, 0.3) is 0 Å². The standard InChI is InChI=1S/C12H17N4OS.ClH/c1-8-11(3-4-17)18-7-16(8)6-10-5-14-9(2)15-12(10)13;/h5,7,17H,3-4,6H2,1-2H3,(H2,13,14,15);1H/q+1;/p+1. The molecule has 0 amide bonds. The number of anilines is 1. The molecular weight excluding hydrogens is 284 g/mol. The van der Waals surface area contributed by atoms with Crippen molar-refractivity contribution in [3.05, 3.63) is 33.7 Å². The molecule has 2 heterocycles. The van der Waals surface area contributed by atoms with E-state index < -0.39 is 0 Å². The molecule has 2 rings (SSSR count). The van der Waals surface area contributed by atoms with E-state index in [9.17, 15) is 0 Å². The average Bonchev–Trinajstić information content (AvgIpc) is 2.66. The molecule has 0 aliphatic heterocycles. The SMILES string of the molecule is Cc1ncc(C[n+]2csc(CCO)c2C)c(N)n1.Cl.[H+]. The van der Waals surface area contributed by atoms with Crippen molar-refractivity contribution in [1.29, 1.82) is 0 Å². The molecule has 0 unspecified atom stereocenters. The van der Waals surface area contributed by atoms with Gasteiger partial charge in [-0.05, 0) is 6.92 Å². The quantitative estimate of drug-likeness (QED) is 0.831. The summed E-state index contributed by atoms with van der Waals surface area (Å²) in [4.78, 5) is 9.53. The maximum absolute atomic E-state index is 8.98. The van der Waals surface area contributed by atoms with Gasteiger partial charge in [0, 0.05) is 26.1 Å². The molecule has 19 heavy (non-hydrogen) atoms. The van der Waals surface area contributed by atoms with Crippen LogP contribution >= 0.6 is 23.7 Å². The monoisotopic (exact) mass is 302 g/mol. The van der Waals surface area contributed by atoms with E-state index in [1.165, 1.54) is 4.88 Å². The maximum atomic E-state index is 8.98. The van der Waals surface area contributed by atoms with Crippen LogP contribution in [0.15, 0.2) is 11.7 Å². The van der Waals surface area contributed by atoms with E-state index in [0.717, 1.165) is 11.3 Å². The summed E-state index contributed by atoms with van der Waals surface area (Å²) in [5.74, 6) is 1.22. The number of hydrogen-bond donors (Lipinski definition) is 2. The van der Waals surface area contributed by atoms with Gasteiger partial charge in [0.1, 0.15) is 11.6 Å². The van der Waals surface area contributed by atoms with Crippen LogP contribution in [-0.4, -0.2) is 21.7 Å². The van der Waals surface area contributed by atoms with Crippen molar-refractivity contribution in [3.63, 3.8) is 0 Å². The topological polar surface area (TPSA) is 75.9 Å². The highest BCUT2D eigenvalue weighted by Gasteiger charge is 2.16. The van der Waals surface area contributed by atoms with E-state index in [4.69, 9.17) is 10.8 Å². The molecule has 3 N–H and O–H groups in total. The summed E-state index contributed by atoms with van der Waals surface area (Å²) < 4.78 is 2.11. The van der Waals surface area contributed by atoms with Crippen LogP contribution in [-0.2, 0) is 13.0 Å². The van der Waals surface area contributed by atoms with Gasteiger partial charge in [-0.3, -0.25) is 0 Å². The molecule has 0 radical (unpaired) electrons. The Labute approximate surface area is 124 Å². The molecule has 2 aromatic rings. The molecule has 0 saturated carbocycles. The van der Waals surface area contributed by atoms with Crippen LogP contribution in [0.1, 0.15) is 23.4 Å². The van der Waals surface area contributed by atoms with Crippen LogP contribution in [0.25, 0.3) is 0 Å². The summed E-state index contributed by atoms with van der Waals surface area (Å²) in [7, 11) is 0. The first-order valence-corrected chi connectivity index (χ1v) is 6.65. The highest BCUT2D eigenvalue weighted by molar-refractivity contribution is 7.09. The van der Waals surface area contributed by atoms with E-state index in [2.05, 4.69) is 14.5 Å². The lowest BCUT2D eigenvalue weighted by atomic mass is 10.2. The Morgan fingerprint density at radius 2 is 2.21 bits per heavy atom. The highest BCUT2D eigenvalue weighted by Crippen LogP contribution is 2.13. The molecule has 5 nitrogen and oxygen atoms in total. The van der Waals surface area contributed by atoms with Gasteiger partial charge in [0.05, 0.1) is 10.4 Å². The number of aliphatic hydroxyl groups is 1. The fourth-order valence-electron chi connectivity index (χ4n) is 1.77. The van der Waals surface area contributed by atoms with Crippen LogP contribution in [0.5, 0.6) is 0 Å². The normalized spacial score (nSPS) is 10.3. The highest BCUT2D eigenvalue weighted by atomic mass is 35.5. The second-order valence-electron chi connectivity index (χ2n) is 4.16. The van der Waals surface area contributed by atoms with E-state index >= 15 is 0 Å². The smallest absolute Gasteiger partial charge is 0.396 e. The number of thiazole rings is 1. The second-order valence-corrected chi connectivity index (χ2v) is 5.10. The van der Waals surface area contributed by atoms with Gasteiger partial charge in [0.2, 0.25) is 5.51 Å². The minimum absolute atomic E-state index is 0. The Bertz CT molecular complexity index is 564. The zero-order valence-corrected chi connectivity index (χ0v) is 12.6. The van der Waals surface area contributed by atoms with Crippen molar-refractivity contribution < 1.29 is 11.1 Å². The minimum Gasteiger partial charge on any atom is -0.396 e. The van der Waals surface area contributed by atoms with E-state index in [0.29, 0.717) is 24.6 Å². The van der Waals surface area contributed by atoms with Gasteiger partial charge in [-0.1, -0.05) is 11.3 Å². The summed E-state index contributed by atoms with van der Waals surface area (Å²) in [5.41, 5.74) is 10.0. The van der Waals surface area contributed by atoms with Gasteiger partial charge in [-0.15, -0.1) is 12.4 Å². The fraction of sp³-hybridized carbons (Fsp3) is 0.417. The third-order valence-corrected chi connectivity index (χ3v) is 4.00. The van der Waals surface area contributed by atoms with Crippen molar-refractivity contribution >= 4 is 29.6 Å². The predicted octanol–water partition coefficient (Wildman–Crippen LogP) is 1.14. The summed E-state index contributed by atoms with van der Waals surface area (Å²) >= 11 is 1.65. The minimum atomic E-state index is 0. The number of aromatic nitrogens is 3. The van der Waals surface area contributed by atoms with Gasteiger partial charge in [0.15, 0.2) is 12.2 Å². The largest absolute Gasteiger partial charge is 1.00 e. The average molecular weight is 303 g/mol. The molecule has 0 saturated heterocycles. The van der Waals surface area contributed by atoms with E-state index in [-0.39, 0.29) is 20.4 Å². The van der Waals surface area contributed by atoms with Crippen molar-refractivity contribution in [1.82, 2.24) is 9.97 Å². The summed E-state index contributed by atoms with van der Waals surface area (Å²) in [6, 6.07) is 0. The Kier molecular flexibility index (Phi) is 5.65. The molecule has 104 valence electrons. The molecule has 0 spiro atoms. The molecule has 2 aromatic heterocycles. The molecule has 0 bridgehead atoms. The number of nitrogens with two attached hydrogens (primary N) is 1. The van der Waals surface area contributed by atoms with Crippen LogP contribution in [0.4, 0.5) is 5.82 Å². The first kappa shape index (κ1) is 15.8. The van der Waals surface area contributed by atoms with Gasteiger partial charge < -0.3 is 10.8 Å². The van der Waals surface area contributed by atoms with Crippen molar-refractivity contribution in [2.75, 3.05) is 12.3 Å². The Hall–Kier alpha value is -1.24. The lowest BCUT2D eigenvalue weighted by Gasteiger charge is -2.01. The molecule has 0 atom stereocenters. The Morgan fingerprint density at radius 3 is 2.84 bits per heavy atom. The first-order chi connectivity index (χ1) is 8.61. The number of nitrogen functional groups attached to an aromatic ring is 1. The predicted molar refractivity (Wildman–Crippen MR) is 78.7 cm³/mol. The summed E-state index contributed by atoms with van der Waals surface area (Å²) in [6.07, 6.45) is 2.47. The number of aryl methyl sites for hydroxylation is 1. The van der Waals surface area contributed by atoms with Gasteiger partial charge in [-0.2, -0.15) is 4.57 Å². The van der Waals surface area contributed by atoms with Crippen LogP contribution in [0.2, 0.25) is 0 Å². The van der Waals surface area contributed by atoms with Crippen LogP contribution in [0.3, 0.4) is 0 Å². The lowest BCUT2D eigenvalue weighted by molar-refractivity contribution is -0.689. The van der Waals surface area contributed by atoms with E-state index in [1.54, 1.807) is 17.5 Å². The maximum Gasteiger partial charge on any atom is 1.00 e. The number of aliphatic hydroxyl groups excluding tert-OH is 1. The number of nitrogens with zero attached hydrogens (tertiary/aromatic N) is 3. The molecule has 0 aromatic carbocycles. The first-order valence-electron chi connectivity index (χ1n) is 5.77. The van der Waals surface area contributed by atoms with Crippen molar-refractivity contribution in [2.24, 2.45) is 0 Å². The summed E-state index contributed by atoms with van der Waals surface area (Å²) in [5, 5.41) is 8.98. The van der Waals surface area contributed by atoms with E-state index in [1.807, 2.05) is 19.4 Å². The zero-order valence-electron chi connectivity index (χ0n) is 12.0. The number of hydrogen-bond acceptors (Lipinski definition) is 5. The van der Waals surface area contributed by atoms with Gasteiger partial charge >= 0.3 is 1.43 Å². The lowest BCUT2D eigenvalue weighted by Crippen LogP contribution is -2.35.